The molecule has 0 aromatic heterocycles. The van der Waals surface area contributed by atoms with Crippen LogP contribution in [-0.4, -0.2) is 51.4 Å². The molecule has 2 rings (SSSR count). The molecule has 2 saturated carbocycles. The van der Waals surface area contributed by atoms with E-state index in [0.717, 1.165) is 12.8 Å². The maximum atomic E-state index is 12.4. The van der Waals surface area contributed by atoms with E-state index in [1.807, 2.05) is 20.8 Å². The maximum absolute atomic E-state index is 12.4. The molecule has 2 aliphatic rings. The van der Waals surface area contributed by atoms with E-state index >= 15 is 0 Å². The molecule has 0 saturated heterocycles. The van der Waals surface area contributed by atoms with Crippen molar-refractivity contribution in [3.8, 4) is 0 Å². The van der Waals surface area contributed by atoms with E-state index in [-0.39, 0.29) is 36.7 Å². The van der Waals surface area contributed by atoms with Gasteiger partial charge in [0.15, 0.2) is 0 Å². The van der Waals surface area contributed by atoms with Crippen molar-refractivity contribution in [3.63, 3.8) is 0 Å². The van der Waals surface area contributed by atoms with Gasteiger partial charge in [-0.1, -0.05) is 20.3 Å². The molecule has 4 N–H and O–H groups in total. The van der Waals surface area contributed by atoms with Gasteiger partial charge in [0.05, 0.1) is 11.9 Å². The lowest BCUT2D eigenvalue weighted by Gasteiger charge is -2.57. The van der Waals surface area contributed by atoms with E-state index in [1.54, 1.807) is 0 Å². The van der Waals surface area contributed by atoms with Crippen molar-refractivity contribution in [2.75, 3.05) is 25.4 Å². The van der Waals surface area contributed by atoms with Crippen LogP contribution in [0.2, 0.25) is 0 Å². The molecule has 0 spiro atoms. The van der Waals surface area contributed by atoms with Crippen LogP contribution < -0.4 is 15.8 Å². The average Bonchev–Trinajstić information content (AvgIpc) is 2.44. The first kappa shape index (κ1) is 22.6. The van der Waals surface area contributed by atoms with Crippen molar-refractivity contribution < 1.29 is 17.9 Å². The summed E-state index contributed by atoms with van der Waals surface area (Å²) in [4.78, 5) is 12.4. The van der Waals surface area contributed by atoms with Gasteiger partial charge >= 0.3 is 0 Å². The summed E-state index contributed by atoms with van der Waals surface area (Å²) in [6.07, 6.45) is 3.76. The monoisotopic (exact) mass is 397 g/mol. The molecule has 2 aliphatic carbocycles. The highest BCUT2D eigenvalue weighted by molar-refractivity contribution is 7.89. The van der Waals surface area contributed by atoms with Crippen LogP contribution in [0.5, 0.6) is 0 Å². The zero-order valence-corrected chi connectivity index (χ0v) is 17.0. The Morgan fingerprint density at radius 3 is 2.44 bits per heavy atom. The molecule has 2 unspecified atom stereocenters. The van der Waals surface area contributed by atoms with Crippen molar-refractivity contribution in [2.24, 2.45) is 17.1 Å². The number of carbonyl (C=O) groups is 1. The molecule has 1 amide bonds. The molecular weight excluding hydrogens is 366 g/mol. The third-order valence-electron chi connectivity index (χ3n) is 5.71. The number of halogens is 1. The summed E-state index contributed by atoms with van der Waals surface area (Å²) in [5.74, 6) is 0.0298. The third-order valence-corrected chi connectivity index (χ3v) is 7.06. The van der Waals surface area contributed by atoms with Gasteiger partial charge in [0.1, 0.15) is 5.54 Å². The molecule has 0 aromatic carbocycles. The van der Waals surface area contributed by atoms with E-state index in [0.29, 0.717) is 25.5 Å². The molecule has 0 radical (unpaired) electrons. The summed E-state index contributed by atoms with van der Waals surface area (Å²) in [5, 5.41) is 2.68. The second-order valence-corrected chi connectivity index (χ2v) is 9.49. The number of sulfonamides is 1. The highest BCUT2D eigenvalue weighted by atomic mass is 35.5. The van der Waals surface area contributed by atoms with Crippen molar-refractivity contribution >= 4 is 28.3 Å². The number of rotatable bonds is 9. The van der Waals surface area contributed by atoms with Gasteiger partial charge in [-0.2, -0.15) is 0 Å². The molecule has 0 bridgehead atoms. The summed E-state index contributed by atoms with van der Waals surface area (Å²) >= 11 is 0. The van der Waals surface area contributed by atoms with E-state index in [1.165, 1.54) is 6.42 Å². The second-order valence-electron chi connectivity index (χ2n) is 7.56. The lowest BCUT2D eigenvalue weighted by Crippen LogP contribution is -2.75. The van der Waals surface area contributed by atoms with Crippen LogP contribution in [0.4, 0.5) is 0 Å². The topological polar surface area (TPSA) is 111 Å². The zero-order valence-electron chi connectivity index (χ0n) is 15.3. The minimum atomic E-state index is -3.36. The largest absolute Gasteiger partial charge is 0.378 e. The highest BCUT2D eigenvalue weighted by Gasteiger charge is 2.62. The smallest absolute Gasteiger partial charge is 0.240 e. The first-order valence-electron chi connectivity index (χ1n) is 8.78. The number of ether oxygens (including phenoxy) is 1. The van der Waals surface area contributed by atoms with Gasteiger partial charge in [0.25, 0.3) is 0 Å². The Balaban J connectivity index is 0.00000312. The van der Waals surface area contributed by atoms with E-state index < -0.39 is 21.0 Å². The van der Waals surface area contributed by atoms with Gasteiger partial charge in [-0.3, -0.25) is 4.79 Å². The minimum absolute atomic E-state index is 0. The zero-order chi connectivity index (χ0) is 18.0. The van der Waals surface area contributed by atoms with Crippen LogP contribution >= 0.6 is 12.4 Å². The number of nitrogens with one attached hydrogen (secondary N) is 2. The van der Waals surface area contributed by atoms with Gasteiger partial charge < -0.3 is 15.8 Å². The summed E-state index contributed by atoms with van der Waals surface area (Å²) in [6, 6.07) is 0. The summed E-state index contributed by atoms with van der Waals surface area (Å²) in [7, 11) is -3.36. The number of amides is 1. The molecule has 2 fully saturated rings. The van der Waals surface area contributed by atoms with E-state index in [9.17, 15) is 13.2 Å². The van der Waals surface area contributed by atoms with E-state index in [2.05, 4.69) is 10.0 Å². The van der Waals surface area contributed by atoms with Gasteiger partial charge in [0, 0.05) is 31.5 Å². The normalized spacial score (nSPS) is 28.4. The Labute approximate surface area is 157 Å². The highest BCUT2D eigenvalue weighted by Crippen LogP contribution is 2.49. The van der Waals surface area contributed by atoms with Crippen molar-refractivity contribution in [1.82, 2.24) is 10.0 Å². The Morgan fingerprint density at radius 2 is 1.96 bits per heavy atom. The number of hydrogen-bond donors (Lipinski definition) is 3. The third kappa shape index (κ3) is 4.86. The molecular formula is C16H32ClN3O4S. The average molecular weight is 398 g/mol. The van der Waals surface area contributed by atoms with Crippen LogP contribution in [-0.2, 0) is 19.6 Å². The number of carbonyl (C=O) groups excluding carboxylic acids is 1. The number of nitrogens with two attached hydrogens (primary N) is 1. The van der Waals surface area contributed by atoms with Gasteiger partial charge in [0.2, 0.25) is 15.9 Å². The van der Waals surface area contributed by atoms with Crippen molar-refractivity contribution in [2.45, 2.75) is 58.1 Å². The fraction of sp³-hybridized carbons (Fsp3) is 0.938. The minimum Gasteiger partial charge on any atom is -0.378 e. The van der Waals surface area contributed by atoms with Crippen molar-refractivity contribution in [3.05, 3.63) is 0 Å². The van der Waals surface area contributed by atoms with Crippen molar-refractivity contribution in [1.29, 1.82) is 0 Å². The lowest BCUT2D eigenvalue weighted by atomic mass is 9.54. The fourth-order valence-corrected chi connectivity index (χ4v) is 4.30. The Kier molecular flexibility index (Phi) is 7.71. The lowest BCUT2D eigenvalue weighted by molar-refractivity contribution is -0.170. The molecule has 0 heterocycles. The first-order valence-corrected chi connectivity index (χ1v) is 10.4. The predicted molar refractivity (Wildman–Crippen MR) is 100 cm³/mol. The SMILES string of the molecule is CCOC1CC(N)(C(=O)NCCS(=O)(=O)NCC2CCC2)C1(C)C.Cl. The molecule has 7 nitrogen and oxygen atoms in total. The second kappa shape index (κ2) is 8.52. The fourth-order valence-electron chi connectivity index (χ4n) is 3.29. The summed E-state index contributed by atoms with van der Waals surface area (Å²) in [6.45, 7) is 6.87. The van der Waals surface area contributed by atoms with E-state index in [4.69, 9.17) is 10.5 Å². The van der Waals surface area contributed by atoms with Gasteiger partial charge in [-0.25, -0.2) is 13.1 Å². The predicted octanol–water partition coefficient (Wildman–Crippen LogP) is 0.776. The maximum Gasteiger partial charge on any atom is 0.240 e. The van der Waals surface area contributed by atoms with Crippen LogP contribution in [0.1, 0.15) is 46.5 Å². The molecule has 25 heavy (non-hydrogen) atoms. The Morgan fingerprint density at radius 1 is 1.32 bits per heavy atom. The molecule has 0 aromatic rings. The van der Waals surface area contributed by atoms with Crippen LogP contribution in [0.3, 0.4) is 0 Å². The molecule has 9 heteroatoms. The van der Waals surface area contributed by atoms with Crippen LogP contribution in [0.25, 0.3) is 0 Å². The Bertz CT molecular complexity index is 566. The van der Waals surface area contributed by atoms with Gasteiger partial charge in [-0.05, 0) is 25.7 Å². The number of hydrogen-bond acceptors (Lipinski definition) is 5. The van der Waals surface area contributed by atoms with Gasteiger partial charge in [-0.15, -0.1) is 12.4 Å². The van der Waals surface area contributed by atoms with Crippen LogP contribution in [0, 0.1) is 11.3 Å². The molecule has 2 atom stereocenters. The molecule has 148 valence electrons. The first-order chi connectivity index (χ1) is 11.1. The van der Waals surface area contributed by atoms with Crippen LogP contribution in [0.15, 0.2) is 0 Å². The molecule has 0 aliphatic heterocycles. The Hall–Kier alpha value is -0.410. The standard InChI is InChI=1S/C16H31N3O4S.ClH/c1-4-23-13-10-16(17,15(13,2)3)14(20)18-8-9-24(21,22)19-11-12-6-5-7-12;/h12-13,19H,4-11,17H2,1-3H3,(H,18,20);1H. The summed E-state index contributed by atoms with van der Waals surface area (Å²) < 4.78 is 32.1. The quantitative estimate of drug-likeness (QED) is 0.532. The summed E-state index contributed by atoms with van der Waals surface area (Å²) in [5.41, 5.74) is 4.77.